The van der Waals surface area contributed by atoms with Crippen molar-refractivity contribution >= 4 is 0 Å². The van der Waals surface area contributed by atoms with Gasteiger partial charge in [0.15, 0.2) is 6.17 Å². The largest absolute Gasteiger partial charge is 0.390 e. The second-order valence-electron chi connectivity index (χ2n) is 3.27. The smallest absolute Gasteiger partial charge is 0.157 e. The Morgan fingerprint density at radius 3 is 1.50 bits per heavy atom. The van der Waals surface area contributed by atoms with Gasteiger partial charge in [-0.05, 0) is 0 Å². The van der Waals surface area contributed by atoms with Crippen LogP contribution in [0.25, 0.3) is 0 Å². The highest BCUT2D eigenvalue weighted by molar-refractivity contribution is 4.96. The summed E-state index contributed by atoms with van der Waals surface area (Å²) >= 11 is 0. The number of hydrogen-bond donors (Lipinski definition) is 4. The van der Waals surface area contributed by atoms with Crippen LogP contribution in [0.5, 0.6) is 0 Å². The number of hydrogen-bond acceptors (Lipinski definition) is 4. The Bertz CT molecular complexity index is 107. The van der Waals surface area contributed by atoms with E-state index in [1.165, 1.54) is 6.92 Å². The van der Waals surface area contributed by atoms with E-state index in [9.17, 15) is 4.39 Å². The van der Waals surface area contributed by atoms with E-state index in [-0.39, 0.29) is 0 Å². The molecule has 6 atom stereocenters. The molecule has 5 heteroatoms. The van der Waals surface area contributed by atoms with Gasteiger partial charge in [0.25, 0.3) is 0 Å². The first-order valence-corrected chi connectivity index (χ1v) is 3.83. The SMILES string of the molecule is CC1C(O)C(O)C([18F])[C@H](O)C1O. The number of aliphatic hydroxyl groups excluding tert-OH is 4. The fraction of sp³-hybridized carbons (Fsp3) is 1.00. The molecule has 4 nitrogen and oxygen atoms in total. The Morgan fingerprint density at radius 2 is 1.17 bits per heavy atom. The lowest BCUT2D eigenvalue weighted by Gasteiger charge is -2.39. The topological polar surface area (TPSA) is 80.9 Å². The third-order valence-corrected chi connectivity index (χ3v) is 2.43. The molecule has 1 fully saturated rings. The fourth-order valence-corrected chi connectivity index (χ4v) is 1.40. The highest BCUT2D eigenvalue weighted by Crippen LogP contribution is 2.27. The van der Waals surface area contributed by atoms with E-state index < -0.39 is 36.5 Å². The molecule has 0 spiro atoms. The van der Waals surface area contributed by atoms with Crippen molar-refractivity contribution in [2.75, 3.05) is 0 Å². The van der Waals surface area contributed by atoms with Crippen LogP contribution in [0.4, 0.5) is 4.39 Å². The lowest BCUT2D eigenvalue weighted by Crippen LogP contribution is -2.58. The zero-order valence-corrected chi connectivity index (χ0v) is 6.63. The minimum Gasteiger partial charge on any atom is -0.390 e. The zero-order chi connectivity index (χ0) is 9.46. The molecule has 0 bridgehead atoms. The first-order chi connectivity index (χ1) is 5.46. The normalized spacial score (nSPS) is 55.5. The Morgan fingerprint density at radius 1 is 0.833 bits per heavy atom. The van der Waals surface area contributed by atoms with Crippen LogP contribution in [-0.2, 0) is 0 Å². The van der Waals surface area contributed by atoms with Crippen LogP contribution in [0.15, 0.2) is 0 Å². The van der Waals surface area contributed by atoms with Crippen LogP contribution in [0.1, 0.15) is 6.92 Å². The van der Waals surface area contributed by atoms with Crippen molar-refractivity contribution in [3.8, 4) is 0 Å². The van der Waals surface area contributed by atoms with Crippen molar-refractivity contribution < 1.29 is 24.8 Å². The van der Waals surface area contributed by atoms with Gasteiger partial charge < -0.3 is 20.4 Å². The number of aliphatic hydroxyl groups is 4. The highest BCUT2D eigenvalue weighted by Gasteiger charge is 2.47. The molecule has 0 aromatic carbocycles. The number of rotatable bonds is 0. The van der Waals surface area contributed by atoms with Gasteiger partial charge >= 0.3 is 0 Å². The van der Waals surface area contributed by atoms with Crippen molar-refractivity contribution in [2.24, 2.45) is 5.92 Å². The van der Waals surface area contributed by atoms with Gasteiger partial charge in [-0.2, -0.15) is 0 Å². The van der Waals surface area contributed by atoms with Crippen LogP contribution >= 0.6 is 0 Å². The summed E-state index contributed by atoms with van der Waals surface area (Å²) in [6.07, 6.45) is -7.85. The molecule has 0 saturated heterocycles. The minimum absolute atomic E-state index is 0.720. The molecule has 0 aromatic heterocycles. The average molecular weight is 179 g/mol. The molecule has 1 aliphatic rings. The molecule has 0 radical (unpaired) electrons. The maximum Gasteiger partial charge on any atom is 0.157 e. The third kappa shape index (κ3) is 1.33. The number of halogens is 1. The van der Waals surface area contributed by atoms with Crippen LogP contribution in [-0.4, -0.2) is 51.0 Å². The van der Waals surface area contributed by atoms with Crippen molar-refractivity contribution in [3.63, 3.8) is 0 Å². The number of alkyl halides is 1. The van der Waals surface area contributed by atoms with E-state index in [1.807, 2.05) is 0 Å². The maximum atomic E-state index is 12.8. The summed E-state index contributed by atoms with van der Waals surface area (Å²) in [5.41, 5.74) is 0. The molecular weight excluding hydrogens is 166 g/mol. The molecule has 5 unspecified atom stereocenters. The summed E-state index contributed by atoms with van der Waals surface area (Å²) < 4.78 is 12.8. The summed E-state index contributed by atoms with van der Waals surface area (Å²) in [5, 5.41) is 36.3. The summed E-state index contributed by atoms with van der Waals surface area (Å²) in [6, 6.07) is 0. The molecule has 1 saturated carbocycles. The van der Waals surface area contributed by atoms with Crippen LogP contribution in [0.2, 0.25) is 0 Å². The van der Waals surface area contributed by atoms with Gasteiger partial charge in [-0.25, -0.2) is 4.39 Å². The van der Waals surface area contributed by atoms with Crippen molar-refractivity contribution in [1.29, 1.82) is 0 Å². The second-order valence-corrected chi connectivity index (χ2v) is 3.27. The fourth-order valence-electron chi connectivity index (χ4n) is 1.40. The predicted molar refractivity (Wildman–Crippen MR) is 38.1 cm³/mol. The molecule has 4 N–H and O–H groups in total. The molecular formula is C7H13FO4. The van der Waals surface area contributed by atoms with Gasteiger partial charge in [0.2, 0.25) is 0 Å². The lowest BCUT2D eigenvalue weighted by molar-refractivity contribution is -0.179. The van der Waals surface area contributed by atoms with E-state index in [0.717, 1.165) is 0 Å². The molecule has 12 heavy (non-hydrogen) atoms. The summed E-state index contributed by atoms with van der Waals surface area (Å²) in [4.78, 5) is 0. The third-order valence-electron chi connectivity index (χ3n) is 2.43. The molecule has 1 aliphatic carbocycles. The first-order valence-electron chi connectivity index (χ1n) is 3.83. The van der Waals surface area contributed by atoms with E-state index in [4.69, 9.17) is 20.4 Å². The Balaban J connectivity index is 2.76. The van der Waals surface area contributed by atoms with Crippen LogP contribution in [0.3, 0.4) is 0 Å². The van der Waals surface area contributed by atoms with Gasteiger partial charge in [0.1, 0.15) is 12.2 Å². The average Bonchev–Trinajstić information content (AvgIpc) is 2.08. The van der Waals surface area contributed by atoms with Crippen molar-refractivity contribution in [2.45, 2.75) is 37.5 Å². The Kier molecular flexibility index (Phi) is 2.67. The Hall–Kier alpha value is -0.230. The molecule has 0 amide bonds. The van der Waals surface area contributed by atoms with Gasteiger partial charge in [0, 0.05) is 5.92 Å². The van der Waals surface area contributed by atoms with Crippen LogP contribution < -0.4 is 0 Å². The summed E-state index contributed by atoms with van der Waals surface area (Å²) in [7, 11) is 0. The van der Waals surface area contributed by atoms with Gasteiger partial charge in [-0.1, -0.05) is 6.92 Å². The predicted octanol–water partition coefficient (Wildman–Crippen LogP) is -1.58. The molecule has 0 heterocycles. The molecule has 72 valence electrons. The van der Waals surface area contributed by atoms with E-state index in [2.05, 4.69) is 0 Å². The van der Waals surface area contributed by atoms with Crippen LogP contribution in [0, 0.1) is 5.92 Å². The molecule has 0 aliphatic heterocycles. The second kappa shape index (κ2) is 3.26. The standard InChI is InChI=1S/C7H13FO4/c1-2-4(9)6(11)3(8)7(12)5(2)10/h2-7,9-12H,1H3/t2?,3?,4?,5?,6-,7?/m0/s1/i8-1. The van der Waals surface area contributed by atoms with Gasteiger partial charge in [-0.15, -0.1) is 0 Å². The lowest BCUT2D eigenvalue weighted by atomic mass is 9.80. The molecule has 1 rings (SSSR count). The summed E-state index contributed by atoms with van der Waals surface area (Å²) in [6.45, 7) is 1.44. The Labute approximate surface area is 69.3 Å². The minimum atomic E-state index is -1.98. The first kappa shape index (κ1) is 9.85. The zero-order valence-electron chi connectivity index (χ0n) is 6.63. The monoisotopic (exact) mass is 179 g/mol. The van der Waals surface area contributed by atoms with Crippen molar-refractivity contribution in [1.82, 2.24) is 0 Å². The summed E-state index contributed by atoms with van der Waals surface area (Å²) in [5.74, 6) is -0.720. The maximum absolute atomic E-state index is 12.8. The van der Waals surface area contributed by atoms with Gasteiger partial charge in [-0.3, -0.25) is 0 Å². The van der Waals surface area contributed by atoms with Gasteiger partial charge in [0.05, 0.1) is 12.2 Å². The molecule has 0 aromatic rings. The van der Waals surface area contributed by atoms with E-state index in [0.29, 0.717) is 0 Å². The van der Waals surface area contributed by atoms with E-state index in [1.54, 1.807) is 0 Å². The van der Waals surface area contributed by atoms with Crippen molar-refractivity contribution in [3.05, 3.63) is 0 Å². The highest BCUT2D eigenvalue weighted by atomic mass is 18.2. The quantitative estimate of drug-likeness (QED) is 0.362. The van der Waals surface area contributed by atoms with E-state index >= 15 is 0 Å².